The zero-order valence-electron chi connectivity index (χ0n) is 13.2. The van der Waals surface area contributed by atoms with Gasteiger partial charge in [0.05, 0.1) is 16.5 Å². The summed E-state index contributed by atoms with van der Waals surface area (Å²) in [5.74, 6) is -0.422. The van der Waals surface area contributed by atoms with Crippen molar-refractivity contribution >= 4 is 23.0 Å². The van der Waals surface area contributed by atoms with Crippen molar-refractivity contribution in [2.45, 2.75) is 5.92 Å². The van der Waals surface area contributed by atoms with Gasteiger partial charge in [0.2, 0.25) is 5.91 Å². The van der Waals surface area contributed by atoms with E-state index in [4.69, 9.17) is 0 Å². The van der Waals surface area contributed by atoms with E-state index in [2.05, 4.69) is 0 Å². The highest BCUT2D eigenvalue weighted by Gasteiger charge is 2.38. The van der Waals surface area contributed by atoms with Crippen LogP contribution < -0.4 is 4.90 Å². The Balaban J connectivity index is 1.82. The third-order valence-electron chi connectivity index (χ3n) is 4.41. The van der Waals surface area contributed by atoms with Gasteiger partial charge >= 0.3 is 0 Å². The maximum atomic E-state index is 13.2. The molecule has 1 aliphatic heterocycles. The van der Waals surface area contributed by atoms with Crippen molar-refractivity contribution in [3.8, 4) is 0 Å². The Hall–Kier alpha value is -3.47. The topological polar surface area (TPSA) is 63.5 Å². The SMILES string of the molecule is O=C1C(c2ccccc2)c2ccccc2N1c1ccc([N+](=O)[O-])cc1. The number of nitro groups is 1. The highest BCUT2D eigenvalue weighted by molar-refractivity contribution is 6.11. The van der Waals surface area contributed by atoms with Crippen molar-refractivity contribution < 1.29 is 9.72 Å². The Labute approximate surface area is 144 Å². The van der Waals surface area contributed by atoms with Gasteiger partial charge in [-0.05, 0) is 29.3 Å². The summed E-state index contributed by atoms with van der Waals surface area (Å²) >= 11 is 0. The fourth-order valence-electron chi connectivity index (χ4n) is 3.27. The van der Waals surface area contributed by atoms with Crippen LogP contribution in [-0.2, 0) is 4.79 Å². The number of hydrogen-bond acceptors (Lipinski definition) is 3. The molecule has 5 heteroatoms. The van der Waals surface area contributed by atoms with E-state index in [9.17, 15) is 14.9 Å². The third-order valence-corrected chi connectivity index (χ3v) is 4.41. The third kappa shape index (κ3) is 2.46. The summed E-state index contributed by atoms with van der Waals surface area (Å²) in [6.45, 7) is 0. The van der Waals surface area contributed by atoms with Gasteiger partial charge in [0, 0.05) is 17.8 Å². The molecule has 122 valence electrons. The van der Waals surface area contributed by atoms with Crippen LogP contribution in [0, 0.1) is 10.1 Å². The first-order valence-electron chi connectivity index (χ1n) is 7.89. The van der Waals surface area contributed by atoms with Gasteiger partial charge in [-0.15, -0.1) is 0 Å². The Morgan fingerprint density at radius 2 is 1.48 bits per heavy atom. The Kier molecular flexibility index (Phi) is 3.54. The number of anilines is 2. The fraction of sp³-hybridized carbons (Fsp3) is 0.0500. The summed E-state index contributed by atoms with van der Waals surface area (Å²) < 4.78 is 0. The predicted octanol–water partition coefficient (Wildman–Crippen LogP) is 4.41. The molecule has 0 bridgehead atoms. The summed E-state index contributed by atoms with van der Waals surface area (Å²) in [7, 11) is 0. The molecule has 1 unspecified atom stereocenters. The number of para-hydroxylation sites is 1. The van der Waals surface area contributed by atoms with Crippen LogP contribution in [-0.4, -0.2) is 10.8 Å². The molecule has 5 nitrogen and oxygen atoms in total. The van der Waals surface area contributed by atoms with E-state index < -0.39 is 4.92 Å². The molecule has 1 amide bonds. The first-order chi connectivity index (χ1) is 12.2. The number of rotatable bonds is 3. The number of benzene rings is 3. The largest absolute Gasteiger partial charge is 0.280 e. The number of carbonyl (C=O) groups excluding carboxylic acids is 1. The molecular formula is C20H14N2O3. The summed E-state index contributed by atoms with van der Waals surface area (Å²) in [4.78, 5) is 25.2. The minimum Gasteiger partial charge on any atom is -0.280 e. The van der Waals surface area contributed by atoms with E-state index in [0.29, 0.717) is 5.69 Å². The fourth-order valence-corrected chi connectivity index (χ4v) is 3.27. The molecule has 1 atom stereocenters. The number of nitro benzene ring substituents is 1. The molecule has 4 rings (SSSR count). The van der Waals surface area contributed by atoms with Crippen molar-refractivity contribution in [1.29, 1.82) is 0 Å². The Morgan fingerprint density at radius 3 is 2.16 bits per heavy atom. The maximum Gasteiger partial charge on any atom is 0.269 e. The molecule has 0 N–H and O–H groups in total. The van der Waals surface area contributed by atoms with Gasteiger partial charge in [-0.1, -0.05) is 48.5 Å². The van der Waals surface area contributed by atoms with E-state index in [1.54, 1.807) is 17.0 Å². The van der Waals surface area contributed by atoms with E-state index in [1.807, 2.05) is 54.6 Å². The van der Waals surface area contributed by atoms with Crippen LogP contribution in [0.3, 0.4) is 0 Å². The predicted molar refractivity (Wildman–Crippen MR) is 95.0 cm³/mol. The van der Waals surface area contributed by atoms with Gasteiger partial charge in [-0.25, -0.2) is 0 Å². The second-order valence-electron chi connectivity index (χ2n) is 5.85. The van der Waals surface area contributed by atoms with Crippen LogP contribution in [0.4, 0.5) is 17.1 Å². The molecule has 0 aliphatic carbocycles. The van der Waals surface area contributed by atoms with Gasteiger partial charge < -0.3 is 0 Å². The second-order valence-corrected chi connectivity index (χ2v) is 5.85. The van der Waals surface area contributed by atoms with E-state index >= 15 is 0 Å². The van der Waals surface area contributed by atoms with Crippen LogP contribution in [0.25, 0.3) is 0 Å². The lowest BCUT2D eigenvalue weighted by molar-refractivity contribution is -0.384. The van der Waals surface area contributed by atoms with Gasteiger partial charge in [0.15, 0.2) is 0 Å². The van der Waals surface area contributed by atoms with E-state index in [0.717, 1.165) is 16.8 Å². The smallest absolute Gasteiger partial charge is 0.269 e. The van der Waals surface area contributed by atoms with Crippen molar-refractivity contribution in [1.82, 2.24) is 0 Å². The average Bonchev–Trinajstić information content (AvgIpc) is 2.94. The molecule has 0 spiro atoms. The van der Waals surface area contributed by atoms with Crippen LogP contribution in [0.1, 0.15) is 17.0 Å². The number of fused-ring (bicyclic) bond motifs is 1. The first kappa shape index (κ1) is 15.1. The number of nitrogens with zero attached hydrogens (tertiary/aromatic N) is 2. The molecule has 0 aromatic heterocycles. The van der Waals surface area contributed by atoms with E-state index in [-0.39, 0.29) is 17.5 Å². The summed E-state index contributed by atoms with van der Waals surface area (Å²) in [6, 6.07) is 23.4. The molecule has 0 fully saturated rings. The highest BCUT2D eigenvalue weighted by Crippen LogP contribution is 2.44. The van der Waals surface area contributed by atoms with Gasteiger partial charge in [0.1, 0.15) is 0 Å². The molecule has 0 saturated carbocycles. The average molecular weight is 330 g/mol. The minimum atomic E-state index is -0.448. The monoisotopic (exact) mass is 330 g/mol. The zero-order valence-corrected chi connectivity index (χ0v) is 13.2. The lowest BCUT2D eigenvalue weighted by atomic mass is 9.93. The molecular weight excluding hydrogens is 316 g/mol. The lowest BCUT2D eigenvalue weighted by Crippen LogP contribution is -2.24. The van der Waals surface area contributed by atoms with Crippen LogP contribution >= 0.6 is 0 Å². The van der Waals surface area contributed by atoms with Crippen LogP contribution in [0.2, 0.25) is 0 Å². The number of non-ortho nitro benzene ring substituents is 1. The zero-order chi connectivity index (χ0) is 17.4. The highest BCUT2D eigenvalue weighted by atomic mass is 16.6. The Morgan fingerprint density at radius 1 is 0.840 bits per heavy atom. The number of amides is 1. The van der Waals surface area contributed by atoms with Crippen LogP contribution in [0.5, 0.6) is 0 Å². The maximum absolute atomic E-state index is 13.2. The normalized spacial score (nSPS) is 15.9. The van der Waals surface area contributed by atoms with Gasteiger partial charge in [0.25, 0.3) is 5.69 Å². The molecule has 1 aliphatic rings. The summed E-state index contributed by atoms with van der Waals surface area (Å²) in [5, 5.41) is 10.9. The molecule has 1 heterocycles. The van der Waals surface area contributed by atoms with Crippen molar-refractivity contribution in [3.05, 3.63) is 100 Å². The van der Waals surface area contributed by atoms with Crippen molar-refractivity contribution in [2.24, 2.45) is 0 Å². The van der Waals surface area contributed by atoms with Gasteiger partial charge in [-0.3, -0.25) is 19.8 Å². The standard InChI is InChI=1S/C20H14N2O3/c23-20-19(14-6-2-1-3-7-14)17-8-4-5-9-18(17)21(20)15-10-12-16(13-11-15)22(24)25/h1-13,19H. The molecule has 25 heavy (non-hydrogen) atoms. The summed E-state index contributed by atoms with van der Waals surface area (Å²) in [6.07, 6.45) is 0. The quantitative estimate of drug-likeness (QED) is 0.528. The lowest BCUT2D eigenvalue weighted by Gasteiger charge is -2.18. The molecule has 3 aromatic rings. The number of hydrogen-bond donors (Lipinski definition) is 0. The Bertz CT molecular complexity index is 952. The molecule has 0 radical (unpaired) electrons. The molecule has 3 aromatic carbocycles. The van der Waals surface area contributed by atoms with Crippen molar-refractivity contribution in [2.75, 3.05) is 4.90 Å². The van der Waals surface area contributed by atoms with Gasteiger partial charge in [-0.2, -0.15) is 0 Å². The number of carbonyl (C=O) groups is 1. The summed E-state index contributed by atoms with van der Waals surface area (Å²) in [5.41, 5.74) is 3.32. The minimum absolute atomic E-state index is 0.00305. The van der Waals surface area contributed by atoms with Crippen molar-refractivity contribution in [3.63, 3.8) is 0 Å². The van der Waals surface area contributed by atoms with Crippen LogP contribution in [0.15, 0.2) is 78.9 Å². The second kappa shape index (κ2) is 5.87. The van der Waals surface area contributed by atoms with E-state index in [1.165, 1.54) is 12.1 Å². The molecule has 0 saturated heterocycles. The first-order valence-corrected chi connectivity index (χ1v) is 7.89.